The third-order valence-corrected chi connectivity index (χ3v) is 2.60. The molecule has 0 aliphatic carbocycles. The van der Waals surface area contributed by atoms with Gasteiger partial charge in [-0.2, -0.15) is 0 Å². The Morgan fingerprint density at radius 1 is 1.56 bits per heavy atom. The van der Waals surface area contributed by atoms with Gasteiger partial charge < -0.3 is 10.1 Å². The summed E-state index contributed by atoms with van der Waals surface area (Å²) >= 11 is 5.46. The summed E-state index contributed by atoms with van der Waals surface area (Å²) in [6.07, 6.45) is 0.815. The van der Waals surface area contributed by atoms with Crippen LogP contribution in [0.2, 0.25) is 0 Å². The molecule has 0 heterocycles. The smallest absolute Gasteiger partial charge is 0.235 e. The van der Waals surface area contributed by atoms with Crippen LogP contribution in [0.3, 0.4) is 0 Å². The van der Waals surface area contributed by atoms with E-state index in [0.29, 0.717) is 0 Å². The van der Waals surface area contributed by atoms with Crippen LogP contribution in [-0.2, 0) is 4.79 Å². The van der Waals surface area contributed by atoms with Crippen LogP contribution in [0.4, 0.5) is 0 Å². The largest absolute Gasteiger partial charge is 0.497 e. The number of carbonyl (C=O) groups excluding carboxylic acids is 1. The van der Waals surface area contributed by atoms with E-state index in [9.17, 15) is 4.79 Å². The van der Waals surface area contributed by atoms with Crippen LogP contribution in [0.1, 0.15) is 24.9 Å². The van der Waals surface area contributed by atoms with Crippen LogP contribution in [0, 0.1) is 0 Å². The van der Waals surface area contributed by atoms with Gasteiger partial charge in [0.2, 0.25) is 5.91 Å². The van der Waals surface area contributed by atoms with Crippen LogP contribution >= 0.6 is 11.6 Å². The molecule has 88 valence electrons. The summed E-state index contributed by atoms with van der Waals surface area (Å²) in [6.45, 7) is 2.01. The predicted molar refractivity (Wildman–Crippen MR) is 64.9 cm³/mol. The topological polar surface area (TPSA) is 38.3 Å². The van der Waals surface area contributed by atoms with Crippen LogP contribution in [-0.4, -0.2) is 18.9 Å². The molecule has 1 amide bonds. The SMILES string of the molecule is CC[C@@H](NC(=O)CCl)c1cccc(OC)c1. The fourth-order valence-corrected chi connectivity index (χ4v) is 1.59. The van der Waals surface area contributed by atoms with Crippen molar-refractivity contribution in [2.45, 2.75) is 19.4 Å². The fraction of sp³-hybridized carbons (Fsp3) is 0.417. The Bertz CT molecular complexity index is 355. The van der Waals surface area contributed by atoms with Gasteiger partial charge in [-0.1, -0.05) is 19.1 Å². The highest BCUT2D eigenvalue weighted by Gasteiger charge is 2.12. The molecule has 0 saturated carbocycles. The van der Waals surface area contributed by atoms with Crippen molar-refractivity contribution in [1.82, 2.24) is 5.32 Å². The molecule has 3 nitrogen and oxygen atoms in total. The number of alkyl halides is 1. The van der Waals surface area contributed by atoms with Gasteiger partial charge in [0.1, 0.15) is 11.6 Å². The molecule has 0 aliphatic rings. The maximum Gasteiger partial charge on any atom is 0.235 e. The number of hydrogen-bond acceptors (Lipinski definition) is 2. The van der Waals surface area contributed by atoms with E-state index >= 15 is 0 Å². The zero-order valence-electron chi connectivity index (χ0n) is 9.50. The Balaban J connectivity index is 2.81. The summed E-state index contributed by atoms with van der Waals surface area (Å²) in [5, 5.41) is 2.86. The van der Waals surface area contributed by atoms with Crippen molar-refractivity contribution in [3.63, 3.8) is 0 Å². The van der Waals surface area contributed by atoms with Gasteiger partial charge in [-0.05, 0) is 24.1 Å². The Kier molecular flexibility index (Phi) is 5.12. The first-order chi connectivity index (χ1) is 7.71. The average Bonchev–Trinajstić information content (AvgIpc) is 2.35. The van der Waals surface area contributed by atoms with Crippen molar-refractivity contribution >= 4 is 17.5 Å². The van der Waals surface area contributed by atoms with Crippen LogP contribution < -0.4 is 10.1 Å². The monoisotopic (exact) mass is 241 g/mol. The molecule has 1 atom stereocenters. The number of ether oxygens (including phenoxy) is 1. The van der Waals surface area contributed by atoms with E-state index in [0.717, 1.165) is 17.7 Å². The van der Waals surface area contributed by atoms with Gasteiger partial charge >= 0.3 is 0 Å². The highest BCUT2D eigenvalue weighted by molar-refractivity contribution is 6.27. The zero-order chi connectivity index (χ0) is 12.0. The standard InChI is InChI=1S/C12H16ClNO2/c1-3-11(14-12(15)8-13)9-5-4-6-10(7-9)16-2/h4-7,11H,3,8H2,1-2H3,(H,14,15)/t11-/m1/s1. The Hall–Kier alpha value is -1.22. The average molecular weight is 242 g/mol. The van der Waals surface area contributed by atoms with E-state index < -0.39 is 0 Å². The number of rotatable bonds is 5. The molecule has 4 heteroatoms. The maximum absolute atomic E-state index is 11.2. The second-order valence-electron chi connectivity index (χ2n) is 3.44. The first kappa shape index (κ1) is 12.8. The van der Waals surface area contributed by atoms with Gasteiger partial charge in [0.25, 0.3) is 0 Å². The summed E-state index contributed by atoms with van der Waals surface area (Å²) in [7, 11) is 1.62. The number of halogens is 1. The number of hydrogen-bond donors (Lipinski definition) is 1. The van der Waals surface area contributed by atoms with E-state index in [4.69, 9.17) is 16.3 Å². The van der Waals surface area contributed by atoms with Gasteiger partial charge in [-0.15, -0.1) is 11.6 Å². The molecule has 0 aliphatic heterocycles. The Morgan fingerprint density at radius 3 is 2.88 bits per heavy atom. The van der Waals surface area contributed by atoms with Crippen molar-refractivity contribution in [1.29, 1.82) is 0 Å². The molecule has 1 aromatic carbocycles. The third kappa shape index (κ3) is 3.42. The van der Waals surface area contributed by atoms with Crippen LogP contribution in [0.15, 0.2) is 24.3 Å². The summed E-state index contributed by atoms with van der Waals surface area (Å²) in [5.74, 6) is 0.618. The van der Waals surface area contributed by atoms with Crippen molar-refractivity contribution in [3.8, 4) is 5.75 Å². The van der Waals surface area contributed by atoms with Crippen molar-refractivity contribution in [2.75, 3.05) is 13.0 Å². The van der Waals surface area contributed by atoms with Crippen molar-refractivity contribution in [2.24, 2.45) is 0 Å². The van der Waals surface area contributed by atoms with Gasteiger partial charge in [-0.25, -0.2) is 0 Å². The summed E-state index contributed by atoms with van der Waals surface area (Å²) in [4.78, 5) is 11.2. The van der Waals surface area contributed by atoms with E-state index in [2.05, 4.69) is 5.32 Å². The summed E-state index contributed by atoms with van der Waals surface area (Å²) in [5.41, 5.74) is 1.03. The van der Waals surface area contributed by atoms with Crippen molar-refractivity contribution in [3.05, 3.63) is 29.8 Å². The predicted octanol–water partition coefficient (Wildman–Crippen LogP) is 2.50. The highest BCUT2D eigenvalue weighted by atomic mass is 35.5. The molecule has 0 aromatic heterocycles. The van der Waals surface area contributed by atoms with Gasteiger partial charge in [-0.3, -0.25) is 4.79 Å². The molecule has 0 unspecified atom stereocenters. The van der Waals surface area contributed by atoms with E-state index in [-0.39, 0.29) is 17.8 Å². The fourth-order valence-electron chi connectivity index (χ4n) is 1.51. The molecule has 1 aromatic rings. The minimum atomic E-state index is -0.156. The minimum absolute atomic E-state index is 0.0126. The maximum atomic E-state index is 11.2. The van der Waals surface area contributed by atoms with E-state index in [1.807, 2.05) is 31.2 Å². The lowest BCUT2D eigenvalue weighted by molar-refractivity contribution is -0.119. The number of benzene rings is 1. The Morgan fingerprint density at radius 2 is 2.31 bits per heavy atom. The normalized spacial score (nSPS) is 11.9. The molecular weight excluding hydrogens is 226 g/mol. The number of amides is 1. The van der Waals surface area contributed by atoms with Crippen molar-refractivity contribution < 1.29 is 9.53 Å². The van der Waals surface area contributed by atoms with Gasteiger partial charge in [0.05, 0.1) is 13.2 Å². The third-order valence-electron chi connectivity index (χ3n) is 2.36. The van der Waals surface area contributed by atoms with Crippen LogP contribution in [0.25, 0.3) is 0 Å². The molecular formula is C12H16ClNO2. The lowest BCUT2D eigenvalue weighted by Crippen LogP contribution is -2.28. The number of carbonyl (C=O) groups is 1. The van der Waals surface area contributed by atoms with Gasteiger partial charge in [0, 0.05) is 0 Å². The van der Waals surface area contributed by atoms with E-state index in [1.165, 1.54) is 0 Å². The molecule has 1 N–H and O–H groups in total. The lowest BCUT2D eigenvalue weighted by Gasteiger charge is -2.17. The van der Waals surface area contributed by atoms with E-state index in [1.54, 1.807) is 7.11 Å². The zero-order valence-corrected chi connectivity index (χ0v) is 10.3. The summed E-state index contributed by atoms with van der Waals surface area (Å²) < 4.78 is 5.14. The Labute approximate surface area is 101 Å². The highest BCUT2D eigenvalue weighted by Crippen LogP contribution is 2.21. The second-order valence-corrected chi connectivity index (χ2v) is 3.71. The van der Waals surface area contributed by atoms with Gasteiger partial charge in [0.15, 0.2) is 0 Å². The minimum Gasteiger partial charge on any atom is -0.497 e. The molecule has 0 fully saturated rings. The first-order valence-corrected chi connectivity index (χ1v) is 5.74. The molecule has 0 bridgehead atoms. The molecule has 0 radical (unpaired) electrons. The molecule has 0 spiro atoms. The second kappa shape index (κ2) is 6.38. The molecule has 16 heavy (non-hydrogen) atoms. The lowest BCUT2D eigenvalue weighted by atomic mass is 10.0. The molecule has 1 rings (SSSR count). The molecule has 0 saturated heterocycles. The quantitative estimate of drug-likeness (QED) is 0.805. The summed E-state index contributed by atoms with van der Waals surface area (Å²) in [6, 6.07) is 7.65. The van der Waals surface area contributed by atoms with Crippen LogP contribution in [0.5, 0.6) is 5.75 Å². The first-order valence-electron chi connectivity index (χ1n) is 5.20. The number of nitrogens with one attached hydrogen (secondary N) is 1. The number of methoxy groups -OCH3 is 1.